The number of aliphatic hydroxyl groups excluding tert-OH is 1. The van der Waals surface area contributed by atoms with Gasteiger partial charge < -0.3 is 10.4 Å². The van der Waals surface area contributed by atoms with Crippen LogP contribution in [0.25, 0.3) is 0 Å². The van der Waals surface area contributed by atoms with Gasteiger partial charge >= 0.3 is 0 Å². The van der Waals surface area contributed by atoms with Crippen molar-refractivity contribution in [1.29, 1.82) is 0 Å². The minimum absolute atomic E-state index is 0.121. The number of hydrogen-bond acceptors (Lipinski definition) is 2. The number of rotatable bonds is 1. The quantitative estimate of drug-likeness (QED) is 0.667. The molecule has 1 aliphatic heterocycles. The lowest BCUT2D eigenvalue weighted by molar-refractivity contribution is 0.256. The second-order valence-electron chi connectivity index (χ2n) is 2.67. The molecule has 0 aromatic carbocycles. The van der Waals surface area contributed by atoms with Crippen molar-refractivity contribution in [3.8, 4) is 0 Å². The molecule has 0 aromatic rings. The Morgan fingerprint density at radius 3 is 3.10 bits per heavy atom. The topological polar surface area (TPSA) is 32.3 Å². The highest BCUT2D eigenvalue weighted by Crippen LogP contribution is 2.18. The molecular formula is C7H12BrNO. The standard InChI is InChI=1S/C7H12BrNO/c1-5-2-6(8)7(4-10)9-3-5/h2,5,7,9-10H,3-4H2,1H3. The highest BCUT2D eigenvalue weighted by Gasteiger charge is 2.16. The van der Waals surface area contributed by atoms with Gasteiger partial charge in [-0.1, -0.05) is 28.9 Å². The SMILES string of the molecule is CC1C=C(Br)C(CO)NC1. The van der Waals surface area contributed by atoms with E-state index in [-0.39, 0.29) is 12.6 Å². The molecule has 0 aliphatic carbocycles. The van der Waals surface area contributed by atoms with Crippen molar-refractivity contribution < 1.29 is 5.11 Å². The Labute approximate surface area is 69.4 Å². The third-order valence-corrected chi connectivity index (χ3v) is 2.46. The van der Waals surface area contributed by atoms with Gasteiger partial charge in [0.05, 0.1) is 12.6 Å². The van der Waals surface area contributed by atoms with E-state index in [0.29, 0.717) is 5.92 Å². The first-order valence-corrected chi connectivity index (χ1v) is 4.24. The molecule has 1 aliphatic rings. The lowest BCUT2D eigenvalue weighted by atomic mass is 10.1. The molecule has 0 saturated carbocycles. The minimum Gasteiger partial charge on any atom is -0.394 e. The average Bonchev–Trinajstić information content (AvgIpc) is 1.88. The maximum absolute atomic E-state index is 8.81. The maximum Gasteiger partial charge on any atom is 0.0631 e. The summed E-state index contributed by atoms with van der Waals surface area (Å²) < 4.78 is 1.08. The summed E-state index contributed by atoms with van der Waals surface area (Å²) >= 11 is 3.39. The zero-order valence-corrected chi connectivity index (χ0v) is 7.56. The lowest BCUT2D eigenvalue weighted by Crippen LogP contribution is -2.39. The summed E-state index contributed by atoms with van der Waals surface area (Å²) in [6.07, 6.45) is 2.14. The van der Waals surface area contributed by atoms with Gasteiger partial charge in [-0.05, 0) is 5.92 Å². The van der Waals surface area contributed by atoms with E-state index in [0.717, 1.165) is 11.0 Å². The van der Waals surface area contributed by atoms with Gasteiger partial charge in [-0.15, -0.1) is 0 Å². The maximum atomic E-state index is 8.81. The molecule has 0 aromatic heterocycles. The van der Waals surface area contributed by atoms with Gasteiger partial charge in [0.2, 0.25) is 0 Å². The Morgan fingerprint density at radius 1 is 1.90 bits per heavy atom. The van der Waals surface area contributed by atoms with Crippen LogP contribution in [0, 0.1) is 5.92 Å². The van der Waals surface area contributed by atoms with Gasteiger partial charge in [-0.2, -0.15) is 0 Å². The number of hydrogen-bond donors (Lipinski definition) is 2. The smallest absolute Gasteiger partial charge is 0.0631 e. The van der Waals surface area contributed by atoms with Crippen molar-refractivity contribution in [2.24, 2.45) is 5.92 Å². The van der Waals surface area contributed by atoms with E-state index in [1.54, 1.807) is 0 Å². The zero-order valence-electron chi connectivity index (χ0n) is 5.97. The van der Waals surface area contributed by atoms with Gasteiger partial charge in [0.25, 0.3) is 0 Å². The van der Waals surface area contributed by atoms with Gasteiger partial charge in [0.1, 0.15) is 0 Å². The molecule has 2 N–H and O–H groups in total. The van der Waals surface area contributed by atoms with Crippen LogP contribution in [0.15, 0.2) is 10.6 Å². The number of aliphatic hydroxyl groups is 1. The normalized spacial score (nSPS) is 33.7. The van der Waals surface area contributed by atoms with Crippen molar-refractivity contribution in [3.05, 3.63) is 10.6 Å². The average molecular weight is 206 g/mol. The van der Waals surface area contributed by atoms with Crippen molar-refractivity contribution in [3.63, 3.8) is 0 Å². The summed E-state index contributed by atoms with van der Waals surface area (Å²) in [5.74, 6) is 0.567. The zero-order chi connectivity index (χ0) is 7.56. The molecule has 1 rings (SSSR count). The Bertz CT molecular complexity index is 147. The first-order chi connectivity index (χ1) is 4.74. The summed E-state index contributed by atoms with van der Waals surface area (Å²) in [6.45, 7) is 3.27. The predicted octanol–water partition coefficient (Wildman–Crippen LogP) is 0.865. The van der Waals surface area contributed by atoms with Gasteiger partial charge in [-0.25, -0.2) is 0 Å². The van der Waals surface area contributed by atoms with E-state index >= 15 is 0 Å². The van der Waals surface area contributed by atoms with E-state index in [1.807, 2.05) is 0 Å². The number of nitrogens with one attached hydrogen (secondary N) is 1. The molecule has 0 spiro atoms. The summed E-state index contributed by atoms with van der Waals surface area (Å²) in [7, 11) is 0. The van der Waals surface area contributed by atoms with Gasteiger partial charge in [-0.3, -0.25) is 0 Å². The molecule has 3 heteroatoms. The molecule has 0 radical (unpaired) electrons. The highest BCUT2D eigenvalue weighted by atomic mass is 79.9. The van der Waals surface area contributed by atoms with Crippen molar-refractivity contribution >= 4 is 15.9 Å². The van der Waals surface area contributed by atoms with E-state index in [1.165, 1.54) is 0 Å². The minimum atomic E-state index is 0.121. The molecule has 0 fully saturated rings. The number of halogens is 1. The molecular weight excluding hydrogens is 194 g/mol. The summed E-state index contributed by atoms with van der Waals surface area (Å²) in [6, 6.07) is 0.121. The van der Waals surface area contributed by atoms with Crippen LogP contribution in [-0.2, 0) is 0 Å². The van der Waals surface area contributed by atoms with Gasteiger partial charge in [0.15, 0.2) is 0 Å². The van der Waals surface area contributed by atoms with Crippen LogP contribution >= 0.6 is 15.9 Å². The van der Waals surface area contributed by atoms with Crippen LogP contribution in [-0.4, -0.2) is 24.3 Å². The molecule has 2 unspecified atom stereocenters. The van der Waals surface area contributed by atoms with E-state index in [4.69, 9.17) is 5.11 Å². The first-order valence-electron chi connectivity index (χ1n) is 3.45. The van der Waals surface area contributed by atoms with Crippen LogP contribution < -0.4 is 5.32 Å². The molecule has 2 nitrogen and oxygen atoms in total. The van der Waals surface area contributed by atoms with Crippen molar-refractivity contribution in [1.82, 2.24) is 5.32 Å². The lowest BCUT2D eigenvalue weighted by Gasteiger charge is -2.23. The van der Waals surface area contributed by atoms with Crippen LogP contribution in [0.1, 0.15) is 6.92 Å². The highest BCUT2D eigenvalue weighted by molar-refractivity contribution is 9.11. The van der Waals surface area contributed by atoms with Crippen molar-refractivity contribution in [2.45, 2.75) is 13.0 Å². The summed E-state index contributed by atoms with van der Waals surface area (Å²) in [5.41, 5.74) is 0. The largest absolute Gasteiger partial charge is 0.394 e. The second-order valence-corrected chi connectivity index (χ2v) is 3.59. The third-order valence-electron chi connectivity index (χ3n) is 1.65. The summed E-state index contributed by atoms with van der Waals surface area (Å²) in [5, 5.41) is 12.0. The Balaban J connectivity index is 2.58. The van der Waals surface area contributed by atoms with Crippen LogP contribution in [0.5, 0.6) is 0 Å². The van der Waals surface area contributed by atoms with E-state index < -0.39 is 0 Å². The Morgan fingerprint density at radius 2 is 2.60 bits per heavy atom. The van der Waals surface area contributed by atoms with E-state index in [2.05, 4.69) is 34.2 Å². The fourth-order valence-corrected chi connectivity index (χ4v) is 1.78. The Hall–Kier alpha value is 0.140. The summed E-state index contributed by atoms with van der Waals surface area (Å²) in [4.78, 5) is 0. The fourth-order valence-electron chi connectivity index (χ4n) is 1.02. The molecule has 0 bridgehead atoms. The van der Waals surface area contributed by atoms with Crippen LogP contribution in [0.2, 0.25) is 0 Å². The third kappa shape index (κ3) is 1.81. The molecule has 0 saturated heterocycles. The predicted molar refractivity (Wildman–Crippen MR) is 45.1 cm³/mol. The molecule has 1 heterocycles. The molecule has 58 valence electrons. The van der Waals surface area contributed by atoms with Gasteiger partial charge in [0, 0.05) is 11.0 Å². The van der Waals surface area contributed by atoms with E-state index in [9.17, 15) is 0 Å². The fraction of sp³-hybridized carbons (Fsp3) is 0.714. The monoisotopic (exact) mass is 205 g/mol. The first kappa shape index (κ1) is 8.24. The van der Waals surface area contributed by atoms with Crippen LogP contribution in [0.4, 0.5) is 0 Å². The molecule has 2 atom stereocenters. The molecule has 0 amide bonds. The second kappa shape index (κ2) is 3.51. The Kier molecular flexibility index (Phi) is 2.89. The van der Waals surface area contributed by atoms with Crippen LogP contribution in [0.3, 0.4) is 0 Å². The molecule has 10 heavy (non-hydrogen) atoms. The van der Waals surface area contributed by atoms with Crippen molar-refractivity contribution in [2.75, 3.05) is 13.2 Å².